The van der Waals surface area contributed by atoms with Crippen LogP contribution in [0.1, 0.15) is 38.3 Å². The molecule has 132 valence electrons. The van der Waals surface area contributed by atoms with Crippen molar-refractivity contribution < 1.29 is 4.74 Å². The standard InChI is InChI=1S/C18H28N2O.2ClH/c1-4-5-6-18(20-13-11-19-12-14-20)16-7-9-17(10-8-16)21-15(2)3;;/h4,7-10,15,18-19H,1,5-6,11-14H2,2-3H3;2*1H/t18-;;/m0../s1. The van der Waals surface area contributed by atoms with Crippen molar-refractivity contribution in [3.05, 3.63) is 42.5 Å². The molecule has 2 rings (SSSR count). The van der Waals surface area contributed by atoms with Crippen LogP contribution in [0.25, 0.3) is 0 Å². The second kappa shape index (κ2) is 11.7. The van der Waals surface area contributed by atoms with Gasteiger partial charge in [0.25, 0.3) is 0 Å². The van der Waals surface area contributed by atoms with E-state index in [4.69, 9.17) is 4.74 Å². The first-order valence-electron chi connectivity index (χ1n) is 8.03. The summed E-state index contributed by atoms with van der Waals surface area (Å²) in [6.07, 6.45) is 4.43. The van der Waals surface area contributed by atoms with E-state index in [0.717, 1.165) is 44.8 Å². The van der Waals surface area contributed by atoms with Gasteiger partial charge in [-0.05, 0) is 44.4 Å². The topological polar surface area (TPSA) is 24.5 Å². The number of ether oxygens (including phenoxy) is 1. The summed E-state index contributed by atoms with van der Waals surface area (Å²) in [7, 11) is 0. The van der Waals surface area contributed by atoms with Gasteiger partial charge in [-0.25, -0.2) is 0 Å². The van der Waals surface area contributed by atoms with Gasteiger partial charge in [-0.3, -0.25) is 4.90 Å². The lowest BCUT2D eigenvalue weighted by Crippen LogP contribution is -2.45. The highest BCUT2D eigenvalue weighted by atomic mass is 35.5. The lowest BCUT2D eigenvalue weighted by molar-refractivity contribution is 0.166. The third kappa shape index (κ3) is 7.13. The van der Waals surface area contributed by atoms with Gasteiger partial charge in [0.2, 0.25) is 0 Å². The zero-order chi connectivity index (χ0) is 15.1. The van der Waals surface area contributed by atoms with Gasteiger partial charge >= 0.3 is 0 Å². The molecule has 0 saturated carbocycles. The maximum Gasteiger partial charge on any atom is 0.119 e. The van der Waals surface area contributed by atoms with Crippen molar-refractivity contribution in [3.8, 4) is 5.75 Å². The second-order valence-electron chi connectivity index (χ2n) is 5.90. The van der Waals surface area contributed by atoms with E-state index in [1.165, 1.54) is 5.56 Å². The van der Waals surface area contributed by atoms with Gasteiger partial charge in [0.1, 0.15) is 5.75 Å². The number of rotatable bonds is 7. The molecule has 3 nitrogen and oxygen atoms in total. The molecule has 23 heavy (non-hydrogen) atoms. The number of hydrogen-bond acceptors (Lipinski definition) is 3. The molecule has 1 aliphatic heterocycles. The molecule has 0 aliphatic carbocycles. The van der Waals surface area contributed by atoms with E-state index in [-0.39, 0.29) is 30.9 Å². The number of halogens is 2. The van der Waals surface area contributed by atoms with Crippen molar-refractivity contribution in [1.29, 1.82) is 0 Å². The van der Waals surface area contributed by atoms with Crippen molar-refractivity contribution in [1.82, 2.24) is 10.2 Å². The fraction of sp³-hybridized carbons (Fsp3) is 0.556. The molecule has 1 aromatic rings. The Bertz CT molecular complexity index is 431. The summed E-state index contributed by atoms with van der Waals surface area (Å²) in [5.74, 6) is 0.955. The third-order valence-electron chi connectivity index (χ3n) is 3.87. The van der Waals surface area contributed by atoms with Crippen molar-refractivity contribution in [2.75, 3.05) is 26.2 Å². The van der Waals surface area contributed by atoms with Crippen LogP contribution in [0.2, 0.25) is 0 Å². The Labute approximate surface area is 153 Å². The van der Waals surface area contributed by atoms with Gasteiger partial charge in [-0.15, -0.1) is 31.4 Å². The molecule has 1 atom stereocenters. The molecule has 1 aromatic carbocycles. The van der Waals surface area contributed by atoms with Crippen molar-refractivity contribution >= 4 is 24.8 Å². The highest BCUT2D eigenvalue weighted by Gasteiger charge is 2.21. The molecule has 5 heteroatoms. The Morgan fingerprint density at radius 3 is 2.30 bits per heavy atom. The summed E-state index contributed by atoms with van der Waals surface area (Å²) in [6.45, 7) is 12.4. The van der Waals surface area contributed by atoms with E-state index >= 15 is 0 Å². The summed E-state index contributed by atoms with van der Waals surface area (Å²) in [5.41, 5.74) is 1.38. The number of benzene rings is 1. The lowest BCUT2D eigenvalue weighted by Gasteiger charge is -2.35. The average molecular weight is 361 g/mol. The van der Waals surface area contributed by atoms with Gasteiger partial charge in [-0.1, -0.05) is 18.2 Å². The molecule has 1 saturated heterocycles. The molecule has 1 heterocycles. The number of allylic oxidation sites excluding steroid dienone is 1. The summed E-state index contributed by atoms with van der Waals surface area (Å²) in [4.78, 5) is 2.58. The average Bonchev–Trinajstić information content (AvgIpc) is 2.50. The fourth-order valence-corrected chi connectivity index (χ4v) is 2.87. The largest absolute Gasteiger partial charge is 0.491 e. The predicted molar refractivity (Wildman–Crippen MR) is 103 cm³/mol. The number of piperazine rings is 1. The number of hydrogen-bond donors (Lipinski definition) is 1. The first kappa shape index (κ1) is 22.3. The van der Waals surface area contributed by atoms with Crippen LogP contribution >= 0.6 is 24.8 Å². The van der Waals surface area contributed by atoms with E-state index < -0.39 is 0 Å². The van der Waals surface area contributed by atoms with Gasteiger partial charge in [-0.2, -0.15) is 0 Å². The molecule has 0 bridgehead atoms. The molecule has 0 radical (unpaired) electrons. The van der Waals surface area contributed by atoms with E-state index in [1.54, 1.807) is 0 Å². The van der Waals surface area contributed by atoms with Crippen molar-refractivity contribution in [2.24, 2.45) is 0 Å². The molecule has 1 fully saturated rings. The highest BCUT2D eigenvalue weighted by molar-refractivity contribution is 5.85. The van der Waals surface area contributed by atoms with Crippen LogP contribution in [-0.4, -0.2) is 37.2 Å². The Morgan fingerprint density at radius 1 is 1.17 bits per heavy atom. The summed E-state index contributed by atoms with van der Waals surface area (Å²) in [6, 6.07) is 9.11. The fourth-order valence-electron chi connectivity index (χ4n) is 2.87. The number of nitrogens with one attached hydrogen (secondary N) is 1. The van der Waals surface area contributed by atoms with Gasteiger partial charge < -0.3 is 10.1 Å². The molecular formula is C18H30Cl2N2O. The first-order chi connectivity index (χ1) is 10.2. The molecule has 0 spiro atoms. The van der Waals surface area contributed by atoms with Crippen LogP contribution in [-0.2, 0) is 0 Å². The van der Waals surface area contributed by atoms with E-state index in [2.05, 4.69) is 54.9 Å². The molecule has 0 amide bonds. The van der Waals surface area contributed by atoms with Crippen LogP contribution in [0.3, 0.4) is 0 Å². The minimum Gasteiger partial charge on any atom is -0.491 e. The zero-order valence-electron chi connectivity index (χ0n) is 14.2. The highest BCUT2D eigenvalue weighted by Crippen LogP contribution is 2.28. The molecule has 1 aliphatic rings. The lowest BCUT2D eigenvalue weighted by atomic mass is 9.99. The van der Waals surface area contributed by atoms with Gasteiger partial charge in [0, 0.05) is 32.2 Å². The Hall–Kier alpha value is -0.740. The minimum atomic E-state index is 0. The second-order valence-corrected chi connectivity index (χ2v) is 5.90. The predicted octanol–water partition coefficient (Wildman–Crippen LogP) is 4.23. The third-order valence-corrected chi connectivity index (χ3v) is 3.87. The zero-order valence-corrected chi connectivity index (χ0v) is 15.8. The van der Waals surface area contributed by atoms with Crippen molar-refractivity contribution in [3.63, 3.8) is 0 Å². The quantitative estimate of drug-likeness (QED) is 0.736. The Balaban J connectivity index is 0.00000242. The first-order valence-corrected chi connectivity index (χ1v) is 8.03. The van der Waals surface area contributed by atoms with E-state index in [9.17, 15) is 0 Å². The molecule has 0 unspecified atom stereocenters. The minimum absolute atomic E-state index is 0. The van der Waals surface area contributed by atoms with Crippen LogP contribution in [0.5, 0.6) is 5.75 Å². The number of nitrogens with zero attached hydrogens (tertiary/aromatic N) is 1. The van der Waals surface area contributed by atoms with Gasteiger partial charge in [0.15, 0.2) is 0 Å². The van der Waals surface area contributed by atoms with Crippen molar-refractivity contribution in [2.45, 2.75) is 38.8 Å². The SMILES string of the molecule is C=CCC[C@@H](c1ccc(OC(C)C)cc1)N1CCNCC1.Cl.Cl. The smallest absolute Gasteiger partial charge is 0.119 e. The normalized spacial score (nSPS) is 16.1. The summed E-state index contributed by atoms with van der Waals surface area (Å²) in [5, 5.41) is 3.43. The molecule has 1 N–H and O–H groups in total. The van der Waals surface area contributed by atoms with Gasteiger partial charge in [0.05, 0.1) is 6.10 Å². The Kier molecular flexibility index (Phi) is 11.4. The maximum absolute atomic E-state index is 5.74. The summed E-state index contributed by atoms with van der Waals surface area (Å²) < 4.78 is 5.74. The monoisotopic (exact) mass is 360 g/mol. The van der Waals surface area contributed by atoms with E-state index in [1.807, 2.05) is 6.08 Å². The van der Waals surface area contributed by atoms with E-state index in [0.29, 0.717) is 6.04 Å². The summed E-state index contributed by atoms with van der Waals surface area (Å²) >= 11 is 0. The van der Waals surface area contributed by atoms with Crippen LogP contribution < -0.4 is 10.1 Å². The van der Waals surface area contributed by atoms with Crippen LogP contribution in [0, 0.1) is 0 Å². The Morgan fingerprint density at radius 2 is 1.78 bits per heavy atom. The molecular weight excluding hydrogens is 331 g/mol. The van der Waals surface area contributed by atoms with Crippen LogP contribution in [0.15, 0.2) is 36.9 Å². The maximum atomic E-state index is 5.74. The van der Waals surface area contributed by atoms with Crippen LogP contribution in [0.4, 0.5) is 0 Å². The molecule has 0 aromatic heterocycles.